The van der Waals surface area contributed by atoms with Gasteiger partial charge in [0, 0.05) is 12.5 Å². The van der Waals surface area contributed by atoms with E-state index in [2.05, 4.69) is 23.2 Å². The first-order chi connectivity index (χ1) is 11.3. The molecule has 3 rings (SSSR count). The zero-order chi connectivity index (χ0) is 17.5. The number of carbonyl (C=O) groups is 2. The Morgan fingerprint density at radius 3 is 2.46 bits per heavy atom. The van der Waals surface area contributed by atoms with E-state index in [1.165, 1.54) is 0 Å². The summed E-state index contributed by atoms with van der Waals surface area (Å²) in [5.74, 6) is -1.18. The SMILES string of the molecule is C=CC1CC1(NC(=O)[C@@H]1CCCN1C=C)C(=O)NS(=O)(=O)C1CC1. The van der Waals surface area contributed by atoms with E-state index in [1.54, 1.807) is 12.3 Å². The van der Waals surface area contributed by atoms with Crippen LogP contribution in [0.25, 0.3) is 0 Å². The second-order valence-corrected chi connectivity index (χ2v) is 8.72. The van der Waals surface area contributed by atoms with Crippen molar-refractivity contribution in [2.75, 3.05) is 6.54 Å². The van der Waals surface area contributed by atoms with Crippen LogP contribution in [0.1, 0.15) is 32.1 Å². The van der Waals surface area contributed by atoms with Crippen LogP contribution in [0, 0.1) is 5.92 Å². The van der Waals surface area contributed by atoms with E-state index in [0.717, 1.165) is 13.0 Å². The summed E-state index contributed by atoms with van der Waals surface area (Å²) < 4.78 is 26.2. The third-order valence-corrected chi connectivity index (χ3v) is 6.90. The van der Waals surface area contributed by atoms with Crippen LogP contribution in [0.5, 0.6) is 0 Å². The van der Waals surface area contributed by atoms with Crippen LogP contribution in [-0.4, -0.2) is 48.5 Å². The van der Waals surface area contributed by atoms with E-state index in [1.807, 2.05) is 4.90 Å². The summed E-state index contributed by atoms with van der Waals surface area (Å²) >= 11 is 0. The summed E-state index contributed by atoms with van der Waals surface area (Å²) in [5.41, 5.74) is -1.20. The largest absolute Gasteiger partial charge is 0.366 e. The van der Waals surface area contributed by atoms with Gasteiger partial charge in [-0.1, -0.05) is 12.7 Å². The summed E-state index contributed by atoms with van der Waals surface area (Å²) in [5, 5.41) is 2.30. The molecule has 2 amide bonds. The molecule has 1 saturated heterocycles. The van der Waals surface area contributed by atoms with Crippen molar-refractivity contribution < 1.29 is 18.0 Å². The summed E-state index contributed by atoms with van der Waals surface area (Å²) in [4.78, 5) is 27.0. The van der Waals surface area contributed by atoms with E-state index in [0.29, 0.717) is 25.7 Å². The van der Waals surface area contributed by atoms with Gasteiger partial charge in [-0.05, 0) is 38.3 Å². The standard InChI is InChI=1S/C16H23N3O4S/c1-3-11-10-16(11,15(21)18-24(22,23)12-7-8-12)17-14(20)13-6-5-9-19(13)4-2/h3-4,11-13H,1-2,5-10H2,(H,17,20)(H,18,21)/t11?,13-,16?/m0/s1. The molecule has 0 radical (unpaired) electrons. The van der Waals surface area contributed by atoms with E-state index in [4.69, 9.17) is 0 Å². The first-order valence-corrected chi connectivity index (χ1v) is 9.77. The Bertz CT molecular complexity index is 685. The van der Waals surface area contributed by atoms with Gasteiger partial charge in [-0.25, -0.2) is 8.42 Å². The Labute approximate surface area is 142 Å². The summed E-state index contributed by atoms with van der Waals surface area (Å²) in [6, 6.07) is -0.363. The number of hydrogen-bond donors (Lipinski definition) is 2. The minimum Gasteiger partial charge on any atom is -0.366 e. The van der Waals surface area contributed by atoms with Gasteiger partial charge in [-0.3, -0.25) is 14.3 Å². The van der Waals surface area contributed by atoms with Crippen molar-refractivity contribution in [2.45, 2.75) is 48.9 Å². The van der Waals surface area contributed by atoms with Gasteiger partial charge in [0.1, 0.15) is 11.6 Å². The van der Waals surface area contributed by atoms with Crippen molar-refractivity contribution in [3.05, 3.63) is 25.4 Å². The Morgan fingerprint density at radius 2 is 1.92 bits per heavy atom. The molecule has 1 aliphatic heterocycles. The lowest BCUT2D eigenvalue weighted by Crippen LogP contribution is -2.55. The Morgan fingerprint density at radius 1 is 1.21 bits per heavy atom. The molecule has 0 spiro atoms. The zero-order valence-corrected chi connectivity index (χ0v) is 14.3. The van der Waals surface area contributed by atoms with Crippen LogP contribution in [-0.2, 0) is 19.6 Å². The third-order valence-electron chi connectivity index (χ3n) is 5.08. The number of nitrogens with zero attached hydrogens (tertiary/aromatic N) is 1. The first kappa shape index (κ1) is 17.0. The Kier molecular flexibility index (Phi) is 4.19. The van der Waals surface area contributed by atoms with Crippen LogP contribution in [0.3, 0.4) is 0 Å². The van der Waals surface area contributed by atoms with Crippen LogP contribution in [0.2, 0.25) is 0 Å². The van der Waals surface area contributed by atoms with E-state index in [-0.39, 0.29) is 17.9 Å². The monoisotopic (exact) mass is 353 g/mol. The number of sulfonamides is 1. The molecule has 2 saturated carbocycles. The number of hydrogen-bond acceptors (Lipinski definition) is 5. The van der Waals surface area contributed by atoms with Gasteiger partial charge in [0.15, 0.2) is 0 Å². The lowest BCUT2D eigenvalue weighted by Gasteiger charge is -2.25. The maximum atomic E-state index is 12.6. The Hall–Kier alpha value is -1.83. The van der Waals surface area contributed by atoms with Gasteiger partial charge < -0.3 is 10.2 Å². The Balaban J connectivity index is 1.72. The maximum absolute atomic E-state index is 12.6. The topological polar surface area (TPSA) is 95.6 Å². The molecule has 2 unspecified atom stereocenters. The van der Waals surface area contributed by atoms with Gasteiger partial charge in [0.2, 0.25) is 15.9 Å². The summed E-state index contributed by atoms with van der Waals surface area (Å²) in [7, 11) is -3.64. The molecule has 3 fully saturated rings. The highest BCUT2D eigenvalue weighted by Gasteiger charge is 2.61. The lowest BCUT2D eigenvalue weighted by molar-refractivity contribution is -0.131. The highest BCUT2D eigenvalue weighted by molar-refractivity contribution is 7.90. The van der Waals surface area contributed by atoms with Crippen molar-refractivity contribution in [1.29, 1.82) is 0 Å². The normalized spacial score (nSPS) is 32.1. The predicted octanol–water partition coefficient (Wildman–Crippen LogP) is 0.264. The molecule has 24 heavy (non-hydrogen) atoms. The van der Waals surface area contributed by atoms with Crippen LogP contribution >= 0.6 is 0 Å². The molecule has 3 atom stereocenters. The number of carbonyl (C=O) groups excluding carboxylic acids is 2. The molecule has 0 aromatic carbocycles. The molecule has 1 heterocycles. The molecule has 2 aliphatic carbocycles. The van der Waals surface area contributed by atoms with Gasteiger partial charge >= 0.3 is 0 Å². The number of likely N-dealkylation sites (tertiary alicyclic amines) is 1. The van der Waals surface area contributed by atoms with Gasteiger partial charge in [-0.15, -0.1) is 6.58 Å². The quantitative estimate of drug-likeness (QED) is 0.640. The minimum absolute atomic E-state index is 0.255. The van der Waals surface area contributed by atoms with E-state index >= 15 is 0 Å². The molecular formula is C16H23N3O4S. The smallest absolute Gasteiger partial charge is 0.259 e. The van der Waals surface area contributed by atoms with Crippen molar-refractivity contribution in [3.63, 3.8) is 0 Å². The molecule has 2 N–H and O–H groups in total. The number of nitrogens with one attached hydrogen (secondary N) is 2. The highest BCUT2D eigenvalue weighted by atomic mass is 32.2. The van der Waals surface area contributed by atoms with Crippen LogP contribution in [0.4, 0.5) is 0 Å². The van der Waals surface area contributed by atoms with E-state index < -0.39 is 26.7 Å². The van der Waals surface area contributed by atoms with Gasteiger partial charge in [-0.2, -0.15) is 0 Å². The molecule has 3 aliphatic rings. The van der Waals surface area contributed by atoms with Gasteiger partial charge in [0.25, 0.3) is 5.91 Å². The predicted molar refractivity (Wildman–Crippen MR) is 89.2 cm³/mol. The minimum atomic E-state index is -3.64. The van der Waals surface area contributed by atoms with Crippen molar-refractivity contribution >= 4 is 21.8 Å². The van der Waals surface area contributed by atoms with Crippen LogP contribution in [0.15, 0.2) is 25.4 Å². The van der Waals surface area contributed by atoms with Crippen LogP contribution < -0.4 is 10.0 Å². The highest BCUT2D eigenvalue weighted by Crippen LogP contribution is 2.45. The first-order valence-electron chi connectivity index (χ1n) is 8.23. The molecule has 0 bridgehead atoms. The average molecular weight is 353 g/mol. The fourth-order valence-corrected chi connectivity index (χ4v) is 4.67. The third kappa shape index (κ3) is 2.94. The van der Waals surface area contributed by atoms with Crippen molar-refractivity contribution in [2.24, 2.45) is 5.92 Å². The molecule has 8 heteroatoms. The fraction of sp³-hybridized carbons (Fsp3) is 0.625. The number of rotatable bonds is 7. The number of amides is 2. The van der Waals surface area contributed by atoms with Crippen molar-refractivity contribution in [1.82, 2.24) is 14.9 Å². The van der Waals surface area contributed by atoms with Gasteiger partial charge in [0.05, 0.1) is 5.25 Å². The van der Waals surface area contributed by atoms with E-state index in [9.17, 15) is 18.0 Å². The average Bonchev–Trinajstić information content (AvgIpc) is 3.44. The molecular weight excluding hydrogens is 330 g/mol. The second-order valence-electron chi connectivity index (χ2n) is 6.76. The molecule has 132 valence electrons. The fourth-order valence-electron chi connectivity index (χ4n) is 3.31. The summed E-state index contributed by atoms with van der Waals surface area (Å²) in [6.07, 6.45) is 6.30. The zero-order valence-electron chi connectivity index (χ0n) is 13.5. The molecule has 7 nitrogen and oxygen atoms in total. The lowest BCUT2D eigenvalue weighted by atomic mass is 10.1. The molecule has 0 aromatic rings. The van der Waals surface area contributed by atoms with Crippen molar-refractivity contribution in [3.8, 4) is 0 Å². The maximum Gasteiger partial charge on any atom is 0.259 e. The summed E-state index contributed by atoms with van der Waals surface area (Å²) in [6.45, 7) is 8.12. The molecule has 0 aromatic heterocycles. The second kappa shape index (κ2) is 5.91.